The molecule has 1 atom stereocenters. The van der Waals surface area contributed by atoms with Crippen LogP contribution in [-0.2, 0) is 12.2 Å². The van der Waals surface area contributed by atoms with E-state index in [1.165, 1.54) is 27.5 Å². The number of thioether (sulfide) groups is 1. The molecule has 0 saturated carbocycles. The third-order valence-electron chi connectivity index (χ3n) is 3.67. The van der Waals surface area contributed by atoms with Crippen LogP contribution in [0.2, 0.25) is 0 Å². The third-order valence-corrected chi connectivity index (χ3v) is 6.00. The van der Waals surface area contributed by atoms with Gasteiger partial charge < -0.3 is 10.5 Å². The molecule has 0 spiro atoms. The maximum atomic E-state index is 6.52. The first kappa shape index (κ1) is 14.9. The highest BCUT2D eigenvalue weighted by molar-refractivity contribution is 7.98. The molecule has 2 aromatic rings. The summed E-state index contributed by atoms with van der Waals surface area (Å²) in [6.07, 6.45) is 2.19. The van der Waals surface area contributed by atoms with Crippen LogP contribution < -0.4 is 10.5 Å². The molecule has 21 heavy (non-hydrogen) atoms. The van der Waals surface area contributed by atoms with Gasteiger partial charge in [-0.3, -0.25) is 0 Å². The number of para-hydroxylation sites is 1. The first-order valence-corrected chi connectivity index (χ1v) is 9.43. The Kier molecular flexibility index (Phi) is 4.88. The molecule has 2 nitrogen and oxygen atoms in total. The van der Waals surface area contributed by atoms with Crippen molar-refractivity contribution in [2.45, 2.75) is 31.6 Å². The molecule has 4 heteroatoms. The molecule has 1 aromatic heterocycles. The Labute approximate surface area is 134 Å². The minimum absolute atomic E-state index is 0.0846. The predicted octanol–water partition coefficient (Wildman–Crippen LogP) is 4.37. The van der Waals surface area contributed by atoms with Gasteiger partial charge in [-0.25, -0.2) is 0 Å². The van der Waals surface area contributed by atoms with E-state index in [0.717, 1.165) is 30.1 Å². The number of hydrogen-bond donors (Lipinski definition) is 1. The summed E-state index contributed by atoms with van der Waals surface area (Å²) in [7, 11) is 0. The van der Waals surface area contributed by atoms with Crippen LogP contribution in [0.1, 0.15) is 40.3 Å². The van der Waals surface area contributed by atoms with E-state index >= 15 is 0 Å². The first-order valence-electron chi connectivity index (χ1n) is 7.46. The molecule has 1 unspecified atom stereocenters. The Balaban J connectivity index is 1.87. The fourth-order valence-electron chi connectivity index (χ4n) is 2.56. The van der Waals surface area contributed by atoms with Crippen molar-refractivity contribution >= 4 is 23.1 Å². The molecular formula is C17H21NOS2. The minimum atomic E-state index is -0.0846. The molecule has 0 bridgehead atoms. The van der Waals surface area contributed by atoms with Gasteiger partial charge in [0.2, 0.25) is 0 Å². The quantitative estimate of drug-likeness (QED) is 0.888. The van der Waals surface area contributed by atoms with Gasteiger partial charge >= 0.3 is 0 Å². The predicted molar refractivity (Wildman–Crippen MR) is 92.4 cm³/mol. The molecule has 2 N–H and O–H groups in total. The van der Waals surface area contributed by atoms with Gasteiger partial charge in [-0.15, -0.1) is 11.3 Å². The van der Waals surface area contributed by atoms with Crippen molar-refractivity contribution in [3.63, 3.8) is 0 Å². The zero-order valence-corrected chi connectivity index (χ0v) is 13.9. The van der Waals surface area contributed by atoms with Crippen LogP contribution in [0.4, 0.5) is 0 Å². The Hall–Kier alpha value is -0.970. The average molecular weight is 319 g/mol. The maximum Gasteiger partial charge on any atom is 0.124 e. The van der Waals surface area contributed by atoms with Gasteiger partial charge in [-0.1, -0.05) is 25.1 Å². The second-order valence-electron chi connectivity index (χ2n) is 5.26. The normalized spacial score (nSPS) is 15.5. The highest BCUT2D eigenvalue weighted by Gasteiger charge is 2.20. The van der Waals surface area contributed by atoms with E-state index in [1.54, 1.807) is 0 Å². The van der Waals surface area contributed by atoms with E-state index in [1.807, 2.05) is 41.3 Å². The molecule has 0 saturated heterocycles. The summed E-state index contributed by atoms with van der Waals surface area (Å²) >= 11 is 3.89. The number of fused-ring (bicyclic) bond motifs is 1. The largest absolute Gasteiger partial charge is 0.493 e. The van der Waals surface area contributed by atoms with Crippen molar-refractivity contribution in [2.24, 2.45) is 5.73 Å². The van der Waals surface area contributed by atoms with Crippen molar-refractivity contribution in [3.05, 3.63) is 51.2 Å². The van der Waals surface area contributed by atoms with Gasteiger partial charge in [0.25, 0.3) is 0 Å². The van der Waals surface area contributed by atoms with E-state index in [-0.39, 0.29) is 6.04 Å². The molecule has 0 aliphatic carbocycles. The number of nitrogens with two attached hydrogens (primary N) is 1. The van der Waals surface area contributed by atoms with Gasteiger partial charge in [0.15, 0.2) is 0 Å². The van der Waals surface area contributed by atoms with Crippen molar-refractivity contribution in [3.8, 4) is 5.75 Å². The molecule has 0 radical (unpaired) electrons. The fraction of sp³-hybridized carbons (Fsp3) is 0.412. The van der Waals surface area contributed by atoms with Crippen LogP contribution in [0.15, 0.2) is 30.3 Å². The van der Waals surface area contributed by atoms with Crippen molar-refractivity contribution in [1.29, 1.82) is 0 Å². The summed E-state index contributed by atoms with van der Waals surface area (Å²) < 4.78 is 5.85. The number of aryl methyl sites for hydroxylation is 1. The van der Waals surface area contributed by atoms with Crippen LogP contribution in [0.3, 0.4) is 0 Å². The summed E-state index contributed by atoms with van der Waals surface area (Å²) in [4.78, 5) is 2.78. The molecule has 0 amide bonds. The Morgan fingerprint density at radius 3 is 3.00 bits per heavy atom. The van der Waals surface area contributed by atoms with E-state index in [2.05, 4.69) is 19.1 Å². The standard InChI is InChI=1S/C17H21NOS2/c1-2-8-19-14-6-4-3-5-13(14)17(18)16-10-12-11-20-9-7-15(12)21-16/h3-6,10,17H,2,7-9,11,18H2,1H3. The Morgan fingerprint density at radius 1 is 1.33 bits per heavy atom. The molecule has 0 fully saturated rings. The Bertz CT molecular complexity index is 585. The number of thiophene rings is 1. The van der Waals surface area contributed by atoms with Crippen LogP contribution in [-0.4, -0.2) is 12.4 Å². The van der Waals surface area contributed by atoms with Gasteiger partial charge in [-0.2, -0.15) is 11.8 Å². The zero-order chi connectivity index (χ0) is 14.7. The second-order valence-corrected chi connectivity index (χ2v) is 7.54. The minimum Gasteiger partial charge on any atom is -0.493 e. The van der Waals surface area contributed by atoms with Crippen molar-refractivity contribution in [1.82, 2.24) is 0 Å². The lowest BCUT2D eigenvalue weighted by Crippen LogP contribution is -2.12. The lowest BCUT2D eigenvalue weighted by Gasteiger charge is -2.15. The van der Waals surface area contributed by atoms with E-state index < -0.39 is 0 Å². The molecule has 112 valence electrons. The van der Waals surface area contributed by atoms with Crippen LogP contribution in [0.5, 0.6) is 5.75 Å². The number of hydrogen-bond acceptors (Lipinski definition) is 4. The van der Waals surface area contributed by atoms with Crippen molar-refractivity contribution in [2.75, 3.05) is 12.4 Å². The van der Waals surface area contributed by atoms with E-state index in [9.17, 15) is 0 Å². The topological polar surface area (TPSA) is 35.2 Å². The summed E-state index contributed by atoms with van der Waals surface area (Å²) in [5.74, 6) is 3.29. The monoisotopic (exact) mass is 319 g/mol. The smallest absolute Gasteiger partial charge is 0.124 e. The summed E-state index contributed by atoms with van der Waals surface area (Å²) in [6.45, 7) is 2.86. The van der Waals surface area contributed by atoms with Crippen LogP contribution in [0.25, 0.3) is 0 Å². The van der Waals surface area contributed by atoms with E-state index in [0.29, 0.717) is 0 Å². The van der Waals surface area contributed by atoms with Gasteiger partial charge in [0.05, 0.1) is 12.6 Å². The summed E-state index contributed by atoms with van der Waals surface area (Å²) in [5.41, 5.74) is 9.10. The van der Waals surface area contributed by atoms with Crippen LogP contribution >= 0.6 is 23.1 Å². The fourth-order valence-corrected chi connectivity index (χ4v) is 4.95. The molecule has 2 heterocycles. The summed E-state index contributed by atoms with van der Waals surface area (Å²) in [6, 6.07) is 10.4. The zero-order valence-electron chi connectivity index (χ0n) is 12.3. The number of benzene rings is 1. The second kappa shape index (κ2) is 6.86. The molecule has 1 aliphatic heterocycles. The van der Waals surface area contributed by atoms with E-state index in [4.69, 9.17) is 10.5 Å². The highest BCUT2D eigenvalue weighted by Crippen LogP contribution is 2.37. The van der Waals surface area contributed by atoms with Gasteiger partial charge in [-0.05, 0) is 36.3 Å². The number of ether oxygens (including phenoxy) is 1. The lowest BCUT2D eigenvalue weighted by molar-refractivity contribution is 0.313. The molecule has 1 aliphatic rings. The average Bonchev–Trinajstić information content (AvgIpc) is 2.96. The Morgan fingerprint density at radius 2 is 2.19 bits per heavy atom. The summed E-state index contributed by atoms with van der Waals surface area (Å²) in [5, 5.41) is 0. The van der Waals surface area contributed by atoms with Crippen LogP contribution in [0, 0.1) is 0 Å². The highest BCUT2D eigenvalue weighted by atomic mass is 32.2. The SMILES string of the molecule is CCCOc1ccccc1C(N)c1cc2c(s1)CCSC2. The van der Waals surface area contributed by atoms with Gasteiger partial charge in [0.1, 0.15) is 5.75 Å². The van der Waals surface area contributed by atoms with Gasteiger partial charge in [0, 0.05) is 21.1 Å². The molecular weight excluding hydrogens is 298 g/mol. The third kappa shape index (κ3) is 3.28. The first-order chi connectivity index (χ1) is 10.3. The number of rotatable bonds is 5. The lowest BCUT2D eigenvalue weighted by atomic mass is 10.0. The maximum absolute atomic E-state index is 6.52. The molecule has 1 aromatic carbocycles. The molecule has 3 rings (SSSR count). The van der Waals surface area contributed by atoms with Crippen molar-refractivity contribution < 1.29 is 4.74 Å².